The number of ether oxygens (including phenoxy) is 3. The number of sulfone groups is 1. The van der Waals surface area contributed by atoms with Crippen molar-refractivity contribution in [3.05, 3.63) is 57.8 Å². The first kappa shape index (κ1) is 17.7. The molecule has 0 radical (unpaired) electrons. The second-order valence-corrected chi connectivity index (χ2v) is 8.93. The van der Waals surface area contributed by atoms with Crippen molar-refractivity contribution in [2.45, 2.75) is 10.7 Å². The molecule has 1 spiro atoms. The predicted octanol–water partition coefficient (Wildman–Crippen LogP) is 4.01. The van der Waals surface area contributed by atoms with Crippen molar-refractivity contribution in [2.24, 2.45) is 0 Å². The topological polar surface area (TPSA) is 61.8 Å². The van der Waals surface area contributed by atoms with Crippen LogP contribution in [-0.4, -0.2) is 27.9 Å². The zero-order chi connectivity index (χ0) is 18.5. The van der Waals surface area contributed by atoms with Gasteiger partial charge >= 0.3 is 0 Å². The number of hydrogen-bond donors (Lipinski definition) is 0. The van der Waals surface area contributed by atoms with Gasteiger partial charge in [-0.15, -0.1) is 0 Å². The van der Waals surface area contributed by atoms with Gasteiger partial charge in [-0.1, -0.05) is 15.9 Å². The third-order valence-electron chi connectivity index (χ3n) is 4.16. The standard InChI is InChI=1S/C18H14BrFO5S/c1-26(21,22)16-3-2-15(25-13-9-11(19)8-12(20)10-13)14-4-5-18(17(14)16)23-6-7-24-18/h2-5,8-10H,6-7H2,1H3. The van der Waals surface area contributed by atoms with Gasteiger partial charge in [0.2, 0.25) is 5.79 Å². The zero-order valence-corrected chi connectivity index (χ0v) is 16.1. The number of hydrogen-bond acceptors (Lipinski definition) is 5. The van der Waals surface area contributed by atoms with E-state index in [2.05, 4.69) is 15.9 Å². The Morgan fingerprint density at radius 3 is 2.58 bits per heavy atom. The van der Waals surface area contributed by atoms with Crippen LogP contribution in [0.25, 0.3) is 6.08 Å². The van der Waals surface area contributed by atoms with Crippen molar-refractivity contribution in [3.8, 4) is 11.5 Å². The van der Waals surface area contributed by atoms with Gasteiger partial charge in [-0.3, -0.25) is 0 Å². The Balaban J connectivity index is 1.86. The van der Waals surface area contributed by atoms with Crippen LogP contribution in [0, 0.1) is 5.82 Å². The molecule has 1 saturated heterocycles. The highest BCUT2D eigenvalue weighted by atomic mass is 79.9. The molecule has 1 fully saturated rings. The van der Waals surface area contributed by atoms with E-state index >= 15 is 0 Å². The lowest BCUT2D eigenvalue weighted by atomic mass is 10.0. The van der Waals surface area contributed by atoms with E-state index in [-0.39, 0.29) is 10.6 Å². The smallest absolute Gasteiger partial charge is 0.217 e. The summed E-state index contributed by atoms with van der Waals surface area (Å²) in [5.41, 5.74) is 0.931. The van der Waals surface area contributed by atoms with Crippen LogP contribution < -0.4 is 4.74 Å². The lowest BCUT2D eigenvalue weighted by Crippen LogP contribution is -2.25. The van der Waals surface area contributed by atoms with Crippen molar-refractivity contribution < 1.29 is 27.0 Å². The van der Waals surface area contributed by atoms with Crippen LogP contribution in [0.1, 0.15) is 11.1 Å². The molecule has 2 aliphatic rings. The highest BCUT2D eigenvalue weighted by Crippen LogP contribution is 2.48. The molecule has 0 aromatic heterocycles. The molecule has 0 amide bonds. The van der Waals surface area contributed by atoms with E-state index < -0.39 is 21.4 Å². The molecule has 2 aromatic carbocycles. The molecule has 1 aliphatic carbocycles. The zero-order valence-electron chi connectivity index (χ0n) is 13.7. The quantitative estimate of drug-likeness (QED) is 0.721. The van der Waals surface area contributed by atoms with E-state index in [1.807, 2.05) is 0 Å². The van der Waals surface area contributed by atoms with E-state index in [4.69, 9.17) is 14.2 Å². The molecular weight excluding hydrogens is 427 g/mol. The fourth-order valence-corrected chi connectivity index (χ4v) is 4.55. The van der Waals surface area contributed by atoms with Gasteiger partial charge in [0.05, 0.1) is 18.1 Å². The lowest BCUT2D eigenvalue weighted by molar-refractivity contribution is -0.122. The minimum absolute atomic E-state index is 0.118. The summed E-state index contributed by atoms with van der Waals surface area (Å²) in [4.78, 5) is 0.118. The molecule has 0 atom stereocenters. The first-order valence-electron chi connectivity index (χ1n) is 7.77. The number of fused-ring (bicyclic) bond motifs is 2. The van der Waals surface area contributed by atoms with Crippen LogP contribution in [0.4, 0.5) is 4.39 Å². The fourth-order valence-electron chi connectivity index (χ4n) is 3.16. The molecule has 136 valence electrons. The summed E-state index contributed by atoms with van der Waals surface area (Å²) in [6, 6.07) is 7.19. The van der Waals surface area contributed by atoms with Gasteiger partial charge < -0.3 is 14.2 Å². The molecule has 5 nitrogen and oxygen atoms in total. The van der Waals surface area contributed by atoms with Gasteiger partial charge in [0.25, 0.3) is 0 Å². The second kappa shape index (κ2) is 6.16. The van der Waals surface area contributed by atoms with Gasteiger partial charge in [0.15, 0.2) is 9.84 Å². The van der Waals surface area contributed by atoms with Gasteiger partial charge in [-0.05, 0) is 36.4 Å². The number of benzene rings is 2. The first-order valence-corrected chi connectivity index (χ1v) is 10.5. The Bertz CT molecular complexity index is 1010. The van der Waals surface area contributed by atoms with Crippen LogP contribution in [0.2, 0.25) is 0 Å². The SMILES string of the molecule is CS(=O)(=O)c1ccc(Oc2cc(F)cc(Br)c2)c2c1C1(C=C2)OCCO1. The highest BCUT2D eigenvalue weighted by Gasteiger charge is 2.45. The van der Waals surface area contributed by atoms with Crippen LogP contribution in [0.3, 0.4) is 0 Å². The van der Waals surface area contributed by atoms with Crippen molar-refractivity contribution in [3.63, 3.8) is 0 Å². The van der Waals surface area contributed by atoms with Gasteiger partial charge in [-0.25, -0.2) is 12.8 Å². The predicted molar refractivity (Wildman–Crippen MR) is 96.3 cm³/mol. The Morgan fingerprint density at radius 2 is 1.92 bits per heavy atom. The molecule has 0 bridgehead atoms. The third kappa shape index (κ3) is 2.96. The summed E-state index contributed by atoms with van der Waals surface area (Å²) in [6.07, 6.45) is 4.51. The van der Waals surface area contributed by atoms with Gasteiger partial charge in [0, 0.05) is 27.9 Å². The molecule has 0 saturated carbocycles. The van der Waals surface area contributed by atoms with Gasteiger partial charge in [0.1, 0.15) is 17.3 Å². The van der Waals surface area contributed by atoms with Crippen molar-refractivity contribution in [1.82, 2.24) is 0 Å². The van der Waals surface area contributed by atoms with E-state index in [1.54, 1.807) is 24.3 Å². The van der Waals surface area contributed by atoms with Crippen molar-refractivity contribution >= 4 is 31.8 Å². The van der Waals surface area contributed by atoms with Crippen LogP contribution in [0.5, 0.6) is 11.5 Å². The van der Waals surface area contributed by atoms with E-state index in [0.717, 1.165) is 6.26 Å². The average molecular weight is 441 g/mol. The van der Waals surface area contributed by atoms with E-state index in [0.29, 0.717) is 34.6 Å². The summed E-state index contributed by atoms with van der Waals surface area (Å²) in [5.74, 6) is -1.01. The number of halogens is 2. The summed E-state index contributed by atoms with van der Waals surface area (Å²) in [7, 11) is -3.52. The van der Waals surface area contributed by atoms with Crippen LogP contribution in [-0.2, 0) is 25.1 Å². The largest absolute Gasteiger partial charge is 0.457 e. The molecule has 26 heavy (non-hydrogen) atoms. The molecule has 8 heteroatoms. The third-order valence-corrected chi connectivity index (χ3v) is 5.76. The number of rotatable bonds is 3. The normalized spacial score (nSPS) is 17.7. The molecule has 0 N–H and O–H groups in total. The summed E-state index contributed by atoms with van der Waals surface area (Å²) in [5, 5.41) is 0. The minimum atomic E-state index is -3.52. The molecule has 1 aliphatic heterocycles. The summed E-state index contributed by atoms with van der Waals surface area (Å²) >= 11 is 3.22. The monoisotopic (exact) mass is 440 g/mol. The Morgan fingerprint density at radius 1 is 1.19 bits per heavy atom. The minimum Gasteiger partial charge on any atom is -0.457 e. The molecule has 0 unspecified atom stereocenters. The lowest BCUT2D eigenvalue weighted by Gasteiger charge is -2.24. The second-order valence-electron chi connectivity index (χ2n) is 6.03. The Kier molecular flexibility index (Phi) is 4.18. The first-order chi connectivity index (χ1) is 12.3. The highest BCUT2D eigenvalue weighted by molar-refractivity contribution is 9.10. The Labute approximate surface area is 158 Å². The van der Waals surface area contributed by atoms with E-state index in [9.17, 15) is 12.8 Å². The van der Waals surface area contributed by atoms with Crippen LogP contribution in [0.15, 0.2) is 45.8 Å². The van der Waals surface area contributed by atoms with Crippen LogP contribution >= 0.6 is 15.9 Å². The van der Waals surface area contributed by atoms with Gasteiger partial charge in [-0.2, -0.15) is 0 Å². The fraction of sp³-hybridized carbons (Fsp3) is 0.222. The van der Waals surface area contributed by atoms with Crippen molar-refractivity contribution in [2.75, 3.05) is 19.5 Å². The Hall–Kier alpha value is -1.74. The molecule has 1 heterocycles. The molecule has 2 aromatic rings. The van der Waals surface area contributed by atoms with E-state index in [1.165, 1.54) is 18.2 Å². The maximum atomic E-state index is 13.6. The summed E-state index contributed by atoms with van der Waals surface area (Å²) in [6.45, 7) is 0.712. The average Bonchev–Trinajstić information content (AvgIpc) is 3.15. The van der Waals surface area contributed by atoms with Crippen molar-refractivity contribution in [1.29, 1.82) is 0 Å². The maximum Gasteiger partial charge on any atom is 0.217 e. The summed E-state index contributed by atoms with van der Waals surface area (Å²) < 4.78 is 55.9. The molecular formula is C18H14BrFO5S. The maximum absolute atomic E-state index is 13.6. The molecule has 4 rings (SSSR count).